The quantitative estimate of drug-likeness (QED) is 0.0824. The Morgan fingerprint density at radius 1 is 0.595 bits per heavy atom. The summed E-state index contributed by atoms with van der Waals surface area (Å²) >= 11 is 0. The average Bonchev–Trinajstić information content (AvgIpc) is 3.31. The molecule has 3 nitrogen and oxygen atoms in total. The van der Waals surface area contributed by atoms with Gasteiger partial charge in [0.25, 0.3) is 0 Å². The standard InChI is InChI=1S/C34H65NO2/c1-3-5-7-9-11-13-15-17-19-21-23-25-27-29-33-32(31-36)35-34(37-33)30-28-26-24-22-20-18-16-14-12-10-8-6-4-2/h27,29,32-33,36H,3-26,28,30-31H2,1-2H3/b29-27+. The second kappa shape index (κ2) is 26.8. The molecule has 1 N–H and O–H groups in total. The zero-order valence-corrected chi connectivity index (χ0v) is 25.2. The summed E-state index contributed by atoms with van der Waals surface area (Å²) in [6.45, 7) is 4.65. The van der Waals surface area contributed by atoms with Crippen molar-refractivity contribution in [3.63, 3.8) is 0 Å². The van der Waals surface area contributed by atoms with E-state index in [1.165, 1.54) is 148 Å². The largest absolute Gasteiger partial charge is 0.471 e. The molecule has 0 radical (unpaired) electrons. The first-order chi connectivity index (χ1) is 18.3. The molecule has 0 aromatic rings. The van der Waals surface area contributed by atoms with Crippen LogP contribution in [0.1, 0.15) is 181 Å². The van der Waals surface area contributed by atoms with E-state index in [-0.39, 0.29) is 18.8 Å². The van der Waals surface area contributed by atoms with Crippen molar-refractivity contribution in [2.45, 2.75) is 193 Å². The molecule has 0 saturated carbocycles. The van der Waals surface area contributed by atoms with Gasteiger partial charge in [0.1, 0.15) is 12.1 Å². The van der Waals surface area contributed by atoms with Crippen LogP contribution in [0.3, 0.4) is 0 Å². The summed E-state index contributed by atoms with van der Waals surface area (Å²) in [6.07, 6.45) is 39.5. The van der Waals surface area contributed by atoms with Gasteiger partial charge in [-0.3, -0.25) is 0 Å². The molecule has 1 aliphatic rings. The van der Waals surface area contributed by atoms with Crippen molar-refractivity contribution in [1.82, 2.24) is 0 Å². The molecule has 218 valence electrons. The summed E-state index contributed by atoms with van der Waals surface area (Å²) < 4.78 is 6.08. The van der Waals surface area contributed by atoms with Crippen LogP contribution >= 0.6 is 0 Å². The Bertz CT molecular complexity index is 530. The molecule has 0 spiro atoms. The van der Waals surface area contributed by atoms with Crippen LogP contribution < -0.4 is 0 Å². The second-order valence-corrected chi connectivity index (χ2v) is 11.6. The van der Waals surface area contributed by atoms with E-state index in [1.54, 1.807) is 0 Å². The van der Waals surface area contributed by atoms with Gasteiger partial charge in [-0.25, -0.2) is 4.99 Å². The molecular weight excluding hydrogens is 454 g/mol. The lowest BCUT2D eigenvalue weighted by molar-refractivity contribution is 0.181. The molecule has 1 aliphatic heterocycles. The third-order valence-electron chi connectivity index (χ3n) is 7.94. The van der Waals surface area contributed by atoms with Gasteiger partial charge in [-0.2, -0.15) is 0 Å². The van der Waals surface area contributed by atoms with E-state index in [2.05, 4.69) is 31.0 Å². The maximum atomic E-state index is 9.72. The van der Waals surface area contributed by atoms with Crippen LogP contribution in [0, 0.1) is 0 Å². The third-order valence-corrected chi connectivity index (χ3v) is 7.94. The minimum Gasteiger partial charge on any atom is -0.471 e. The summed E-state index contributed by atoms with van der Waals surface area (Å²) in [7, 11) is 0. The van der Waals surface area contributed by atoms with Crippen LogP contribution in [0.5, 0.6) is 0 Å². The highest BCUT2D eigenvalue weighted by Gasteiger charge is 2.27. The first-order valence-electron chi connectivity index (χ1n) is 16.8. The molecule has 0 aromatic carbocycles. The molecule has 0 amide bonds. The topological polar surface area (TPSA) is 41.8 Å². The number of aliphatic hydroxyl groups is 1. The Balaban J connectivity index is 1.95. The van der Waals surface area contributed by atoms with E-state index in [1.807, 2.05) is 0 Å². The minimum atomic E-state index is -0.106. The molecule has 1 heterocycles. The Labute approximate surface area is 232 Å². The Hall–Kier alpha value is -0.830. The number of hydrogen-bond donors (Lipinski definition) is 1. The van der Waals surface area contributed by atoms with Crippen molar-refractivity contribution < 1.29 is 9.84 Å². The van der Waals surface area contributed by atoms with E-state index in [0.717, 1.165) is 25.2 Å². The van der Waals surface area contributed by atoms with Gasteiger partial charge in [0.05, 0.1) is 6.61 Å². The Morgan fingerprint density at radius 2 is 1.00 bits per heavy atom. The monoisotopic (exact) mass is 520 g/mol. The van der Waals surface area contributed by atoms with E-state index in [4.69, 9.17) is 4.74 Å². The number of ether oxygens (including phenoxy) is 1. The van der Waals surface area contributed by atoms with Gasteiger partial charge in [-0.15, -0.1) is 0 Å². The van der Waals surface area contributed by atoms with E-state index in [9.17, 15) is 5.11 Å². The number of rotatable bonds is 28. The lowest BCUT2D eigenvalue weighted by Gasteiger charge is -2.11. The van der Waals surface area contributed by atoms with Crippen molar-refractivity contribution in [2.24, 2.45) is 4.99 Å². The van der Waals surface area contributed by atoms with Crippen LogP contribution in [0.25, 0.3) is 0 Å². The highest BCUT2D eigenvalue weighted by atomic mass is 16.5. The lowest BCUT2D eigenvalue weighted by atomic mass is 10.0. The first-order valence-corrected chi connectivity index (χ1v) is 16.8. The molecule has 2 atom stereocenters. The molecule has 0 aromatic heterocycles. The normalized spacial score (nSPS) is 17.5. The van der Waals surface area contributed by atoms with Gasteiger partial charge in [0, 0.05) is 6.42 Å². The molecular formula is C34H65NO2. The zero-order chi connectivity index (χ0) is 26.7. The fourth-order valence-corrected chi connectivity index (χ4v) is 5.41. The summed E-state index contributed by atoms with van der Waals surface area (Å²) in [6, 6.07) is -0.106. The number of unbranched alkanes of at least 4 members (excludes halogenated alkanes) is 23. The van der Waals surface area contributed by atoms with Gasteiger partial charge in [0.15, 0.2) is 5.90 Å². The maximum Gasteiger partial charge on any atom is 0.184 e. The highest BCUT2D eigenvalue weighted by Crippen LogP contribution is 2.20. The Kier molecular flexibility index (Phi) is 24.7. The van der Waals surface area contributed by atoms with E-state index in [0.29, 0.717) is 0 Å². The lowest BCUT2D eigenvalue weighted by Crippen LogP contribution is -2.23. The summed E-state index contributed by atoms with van der Waals surface area (Å²) in [4.78, 5) is 4.66. The molecule has 3 heteroatoms. The van der Waals surface area contributed by atoms with Gasteiger partial charge < -0.3 is 9.84 Å². The number of aliphatic imine (C=N–C) groups is 1. The molecule has 37 heavy (non-hydrogen) atoms. The fourth-order valence-electron chi connectivity index (χ4n) is 5.41. The third kappa shape index (κ3) is 20.8. The van der Waals surface area contributed by atoms with Crippen molar-refractivity contribution in [3.05, 3.63) is 12.2 Å². The molecule has 0 saturated heterocycles. The highest BCUT2D eigenvalue weighted by molar-refractivity contribution is 5.78. The Morgan fingerprint density at radius 3 is 1.43 bits per heavy atom. The fraction of sp³-hybridized carbons (Fsp3) is 0.912. The van der Waals surface area contributed by atoms with Gasteiger partial charge in [-0.1, -0.05) is 161 Å². The van der Waals surface area contributed by atoms with Crippen molar-refractivity contribution >= 4 is 5.90 Å². The second-order valence-electron chi connectivity index (χ2n) is 11.6. The van der Waals surface area contributed by atoms with Crippen LogP contribution in [0.15, 0.2) is 17.1 Å². The summed E-state index contributed by atoms with van der Waals surface area (Å²) in [5.41, 5.74) is 0. The van der Waals surface area contributed by atoms with Crippen LogP contribution in [0.2, 0.25) is 0 Å². The predicted molar refractivity (Wildman–Crippen MR) is 164 cm³/mol. The smallest absolute Gasteiger partial charge is 0.184 e. The first kappa shape index (κ1) is 34.2. The number of aliphatic hydroxyl groups excluding tert-OH is 1. The van der Waals surface area contributed by atoms with Crippen LogP contribution in [-0.4, -0.2) is 29.8 Å². The number of nitrogens with zero attached hydrogens (tertiary/aromatic N) is 1. The van der Waals surface area contributed by atoms with Gasteiger partial charge >= 0.3 is 0 Å². The van der Waals surface area contributed by atoms with Gasteiger partial charge in [0.2, 0.25) is 0 Å². The molecule has 0 aliphatic carbocycles. The minimum absolute atomic E-state index is 0.0605. The van der Waals surface area contributed by atoms with Crippen LogP contribution in [-0.2, 0) is 4.74 Å². The van der Waals surface area contributed by atoms with Crippen LogP contribution in [0.4, 0.5) is 0 Å². The summed E-state index contributed by atoms with van der Waals surface area (Å²) in [5, 5.41) is 9.72. The number of allylic oxidation sites excluding steroid dienone is 1. The predicted octanol–water partition coefficient (Wildman–Crippen LogP) is 10.9. The van der Waals surface area contributed by atoms with Crippen molar-refractivity contribution in [3.8, 4) is 0 Å². The number of hydrogen-bond acceptors (Lipinski definition) is 3. The zero-order valence-electron chi connectivity index (χ0n) is 25.2. The molecule has 0 bridgehead atoms. The molecule has 2 unspecified atom stereocenters. The van der Waals surface area contributed by atoms with E-state index < -0.39 is 0 Å². The maximum absolute atomic E-state index is 9.72. The summed E-state index contributed by atoms with van der Waals surface area (Å²) in [5.74, 6) is 0.867. The molecule has 0 fully saturated rings. The SMILES string of the molecule is CCCCCCCCCCCCC/C=C/C1OC(CCCCCCCCCCCCCCC)=NC1CO. The average molecular weight is 520 g/mol. The van der Waals surface area contributed by atoms with Gasteiger partial charge in [-0.05, 0) is 25.3 Å². The molecule has 1 rings (SSSR count). The van der Waals surface area contributed by atoms with Crippen molar-refractivity contribution in [1.29, 1.82) is 0 Å². The van der Waals surface area contributed by atoms with Crippen molar-refractivity contribution in [2.75, 3.05) is 6.61 Å². The van der Waals surface area contributed by atoms with E-state index >= 15 is 0 Å².